The zero-order valence-electron chi connectivity index (χ0n) is 12.8. The monoisotopic (exact) mass is 363 g/mol. The lowest BCUT2D eigenvalue weighted by atomic mass is 10.2. The molecule has 1 heterocycles. The average molecular weight is 364 g/mol. The van der Waals surface area contributed by atoms with Gasteiger partial charge in [0.15, 0.2) is 0 Å². The Labute approximate surface area is 142 Å². The quantitative estimate of drug-likeness (QED) is 0.818. The van der Waals surface area contributed by atoms with Crippen molar-refractivity contribution < 1.29 is 22.8 Å². The Morgan fingerprint density at radius 2 is 1.92 bits per heavy atom. The first-order valence-electron chi connectivity index (χ1n) is 7.38. The summed E-state index contributed by atoms with van der Waals surface area (Å²) in [4.78, 5) is 26.2. The maximum atomic E-state index is 12.7. The summed E-state index contributed by atoms with van der Waals surface area (Å²) >= 11 is 5.84. The molecule has 9 heteroatoms. The largest absolute Gasteiger partial charge is 0.416 e. The molecule has 0 saturated carbocycles. The van der Waals surface area contributed by atoms with E-state index >= 15 is 0 Å². The Morgan fingerprint density at radius 1 is 1.25 bits per heavy atom. The molecule has 1 aromatic rings. The molecule has 1 N–H and O–H groups in total. The van der Waals surface area contributed by atoms with E-state index in [1.807, 2.05) is 4.90 Å². The van der Waals surface area contributed by atoms with E-state index in [1.54, 1.807) is 4.90 Å². The number of piperazine rings is 1. The highest BCUT2D eigenvalue weighted by Crippen LogP contribution is 2.33. The van der Waals surface area contributed by atoms with Gasteiger partial charge in [-0.1, -0.05) is 11.6 Å². The van der Waals surface area contributed by atoms with Crippen LogP contribution in [0.3, 0.4) is 0 Å². The number of nitrogens with zero attached hydrogens (tertiary/aromatic N) is 2. The highest BCUT2D eigenvalue weighted by atomic mass is 35.5. The van der Waals surface area contributed by atoms with Crippen molar-refractivity contribution in [2.24, 2.45) is 0 Å². The first-order chi connectivity index (χ1) is 11.3. The van der Waals surface area contributed by atoms with Crippen LogP contribution in [0.15, 0.2) is 18.2 Å². The predicted molar refractivity (Wildman–Crippen MR) is 83.8 cm³/mol. The third kappa shape index (κ3) is 5.10. The van der Waals surface area contributed by atoms with E-state index in [-0.39, 0.29) is 17.1 Å². The number of nitrogens with one attached hydrogen (secondary N) is 1. The first-order valence-corrected chi connectivity index (χ1v) is 7.75. The molecule has 1 aromatic carbocycles. The Kier molecular flexibility index (Phi) is 6.06. The summed E-state index contributed by atoms with van der Waals surface area (Å²) in [5, 5.41) is 2.47. The Hall–Kier alpha value is -1.80. The molecule has 5 nitrogen and oxygen atoms in total. The van der Waals surface area contributed by atoms with Crippen LogP contribution in [-0.2, 0) is 15.8 Å². The normalized spacial score (nSPS) is 16.1. The molecule has 1 saturated heterocycles. The van der Waals surface area contributed by atoms with Crippen molar-refractivity contribution in [1.29, 1.82) is 0 Å². The maximum absolute atomic E-state index is 12.7. The average Bonchev–Trinajstić information content (AvgIpc) is 2.54. The van der Waals surface area contributed by atoms with Gasteiger partial charge in [0.1, 0.15) is 0 Å². The second-order valence-electron chi connectivity index (χ2n) is 5.47. The van der Waals surface area contributed by atoms with Crippen molar-refractivity contribution in [1.82, 2.24) is 9.80 Å². The molecule has 0 bridgehead atoms. The minimum absolute atomic E-state index is 0.0518. The number of carbonyl (C=O) groups is 2. The lowest BCUT2D eigenvalue weighted by Gasteiger charge is -2.32. The molecule has 0 aliphatic carbocycles. The number of amides is 2. The van der Waals surface area contributed by atoms with Crippen LogP contribution in [0.5, 0.6) is 0 Å². The van der Waals surface area contributed by atoms with Gasteiger partial charge in [-0.2, -0.15) is 13.2 Å². The molecule has 1 fully saturated rings. The predicted octanol–water partition coefficient (Wildman–Crippen LogP) is 2.46. The Morgan fingerprint density at radius 3 is 2.50 bits per heavy atom. The van der Waals surface area contributed by atoms with E-state index in [0.29, 0.717) is 32.7 Å². The van der Waals surface area contributed by atoms with Crippen LogP contribution < -0.4 is 5.32 Å². The van der Waals surface area contributed by atoms with Gasteiger partial charge in [-0.05, 0) is 18.2 Å². The van der Waals surface area contributed by atoms with Gasteiger partial charge in [0.05, 0.1) is 16.3 Å². The van der Waals surface area contributed by atoms with Crippen molar-refractivity contribution in [3.63, 3.8) is 0 Å². The van der Waals surface area contributed by atoms with Crippen LogP contribution >= 0.6 is 11.6 Å². The molecule has 0 spiro atoms. The van der Waals surface area contributed by atoms with Crippen LogP contribution in [0.2, 0.25) is 5.02 Å². The van der Waals surface area contributed by atoms with E-state index < -0.39 is 17.6 Å². The van der Waals surface area contributed by atoms with E-state index in [9.17, 15) is 22.8 Å². The SMILES string of the molecule is O=CN1CCN(CCC(=O)Nc2cc(C(F)(F)F)ccc2Cl)CC1. The highest BCUT2D eigenvalue weighted by molar-refractivity contribution is 6.33. The van der Waals surface area contributed by atoms with Gasteiger partial charge >= 0.3 is 6.18 Å². The lowest BCUT2D eigenvalue weighted by Crippen LogP contribution is -2.46. The molecule has 132 valence electrons. The van der Waals surface area contributed by atoms with Crippen molar-refractivity contribution in [3.05, 3.63) is 28.8 Å². The third-order valence-corrected chi connectivity index (χ3v) is 4.11. The summed E-state index contributed by atoms with van der Waals surface area (Å²) in [7, 11) is 0. The number of rotatable bonds is 5. The van der Waals surface area contributed by atoms with Crippen molar-refractivity contribution in [2.75, 3.05) is 38.0 Å². The van der Waals surface area contributed by atoms with E-state index in [0.717, 1.165) is 24.6 Å². The molecule has 1 aliphatic heterocycles. The number of halogens is 4. The molecule has 0 radical (unpaired) electrons. The standard InChI is InChI=1S/C15H17ClF3N3O2/c16-12-2-1-11(15(17,18)19)9-13(12)20-14(24)3-4-21-5-7-22(10-23)8-6-21/h1-2,9-10H,3-8H2,(H,20,24). The van der Waals surface area contributed by atoms with E-state index in [2.05, 4.69) is 5.32 Å². The third-order valence-electron chi connectivity index (χ3n) is 3.78. The van der Waals surface area contributed by atoms with Gasteiger partial charge in [0.25, 0.3) is 0 Å². The van der Waals surface area contributed by atoms with Crippen LogP contribution in [0, 0.1) is 0 Å². The van der Waals surface area contributed by atoms with Crippen LogP contribution in [0.25, 0.3) is 0 Å². The number of alkyl halides is 3. The molecule has 0 aromatic heterocycles. The zero-order valence-corrected chi connectivity index (χ0v) is 13.5. The van der Waals surface area contributed by atoms with Gasteiger partial charge in [-0.15, -0.1) is 0 Å². The van der Waals surface area contributed by atoms with Gasteiger partial charge in [-0.25, -0.2) is 0 Å². The van der Waals surface area contributed by atoms with Crippen molar-refractivity contribution >= 4 is 29.6 Å². The fourth-order valence-corrected chi connectivity index (χ4v) is 2.53. The molecule has 2 rings (SSSR count). The number of carbonyl (C=O) groups excluding carboxylic acids is 2. The van der Waals surface area contributed by atoms with Crippen LogP contribution in [-0.4, -0.2) is 54.8 Å². The maximum Gasteiger partial charge on any atom is 0.416 e. The summed E-state index contributed by atoms with van der Waals surface area (Å²) < 4.78 is 38.1. The van der Waals surface area contributed by atoms with Crippen molar-refractivity contribution in [2.45, 2.75) is 12.6 Å². The Balaban J connectivity index is 1.87. The second kappa shape index (κ2) is 7.85. The molecular weight excluding hydrogens is 347 g/mol. The summed E-state index contributed by atoms with van der Waals surface area (Å²) in [5.41, 5.74) is -0.922. The summed E-state index contributed by atoms with van der Waals surface area (Å²) in [6.45, 7) is 3.00. The van der Waals surface area contributed by atoms with Crippen LogP contribution in [0.4, 0.5) is 18.9 Å². The Bertz CT molecular complexity index is 602. The number of hydrogen-bond donors (Lipinski definition) is 1. The fraction of sp³-hybridized carbons (Fsp3) is 0.467. The summed E-state index contributed by atoms with van der Waals surface area (Å²) in [6, 6.07) is 2.80. The molecule has 2 amide bonds. The van der Waals surface area contributed by atoms with E-state index in [4.69, 9.17) is 11.6 Å². The minimum Gasteiger partial charge on any atom is -0.343 e. The number of benzene rings is 1. The van der Waals surface area contributed by atoms with E-state index in [1.165, 1.54) is 0 Å². The molecule has 24 heavy (non-hydrogen) atoms. The fourth-order valence-electron chi connectivity index (χ4n) is 2.36. The summed E-state index contributed by atoms with van der Waals surface area (Å²) in [5.74, 6) is -0.408. The van der Waals surface area contributed by atoms with Gasteiger partial charge < -0.3 is 10.2 Å². The zero-order chi connectivity index (χ0) is 17.7. The highest BCUT2D eigenvalue weighted by Gasteiger charge is 2.31. The van der Waals surface area contributed by atoms with Crippen LogP contribution in [0.1, 0.15) is 12.0 Å². The number of anilines is 1. The molecule has 0 unspecified atom stereocenters. The van der Waals surface area contributed by atoms with Gasteiger partial charge in [0.2, 0.25) is 12.3 Å². The second-order valence-corrected chi connectivity index (χ2v) is 5.88. The topological polar surface area (TPSA) is 52.7 Å². The molecule has 0 atom stereocenters. The minimum atomic E-state index is -4.50. The summed E-state index contributed by atoms with van der Waals surface area (Å²) in [6.07, 6.45) is -3.57. The first kappa shape index (κ1) is 18.5. The van der Waals surface area contributed by atoms with Gasteiger partial charge in [0, 0.05) is 39.1 Å². The van der Waals surface area contributed by atoms with Gasteiger partial charge in [-0.3, -0.25) is 14.5 Å². The number of hydrogen-bond acceptors (Lipinski definition) is 3. The molecule has 1 aliphatic rings. The smallest absolute Gasteiger partial charge is 0.343 e. The lowest BCUT2D eigenvalue weighted by molar-refractivity contribution is -0.137. The van der Waals surface area contributed by atoms with Crippen molar-refractivity contribution in [3.8, 4) is 0 Å². The molecular formula is C15H17ClF3N3O2.